The first-order chi connectivity index (χ1) is 8.93. The van der Waals surface area contributed by atoms with Crippen LogP contribution >= 0.6 is 0 Å². The maximum absolute atomic E-state index is 13.5. The molecule has 104 valence electrons. The van der Waals surface area contributed by atoms with Crippen molar-refractivity contribution in [2.24, 2.45) is 5.92 Å². The summed E-state index contributed by atoms with van der Waals surface area (Å²) in [5.74, 6) is -1.13. The number of nitrogens with zero attached hydrogens (tertiary/aromatic N) is 1. The van der Waals surface area contributed by atoms with E-state index < -0.39 is 17.7 Å². The lowest BCUT2D eigenvalue weighted by molar-refractivity contribution is 0.146. The van der Waals surface area contributed by atoms with E-state index in [2.05, 4.69) is 5.32 Å². The molecule has 19 heavy (non-hydrogen) atoms. The maximum Gasteiger partial charge on any atom is 0.131 e. The van der Waals surface area contributed by atoms with Crippen LogP contribution in [0, 0.1) is 28.9 Å². The van der Waals surface area contributed by atoms with E-state index in [-0.39, 0.29) is 24.2 Å². The summed E-state index contributed by atoms with van der Waals surface area (Å²) in [5.41, 5.74) is -0.158. The van der Waals surface area contributed by atoms with E-state index in [0.717, 1.165) is 12.1 Å². The standard InChI is InChI=1S/C14H18F2N2O/c1-9(2)3-11(19)7-18-8-12-13(15)4-10(6-17)5-14(12)16/h4-5,9,11,18-19H,3,7-8H2,1-2H3. The van der Waals surface area contributed by atoms with Gasteiger partial charge < -0.3 is 10.4 Å². The molecule has 0 aliphatic rings. The smallest absolute Gasteiger partial charge is 0.131 e. The molecule has 0 bridgehead atoms. The summed E-state index contributed by atoms with van der Waals surface area (Å²) in [5, 5.41) is 21.0. The molecule has 1 rings (SSSR count). The molecule has 0 aliphatic carbocycles. The molecule has 3 nitrogen and oxygen atoms in total. The Morgan fingerprint density at radius 1 is 1.32 bits per heavy atom. The molecule has 0 aliphatic heterocycles. The molecule has 1 atom stereocenters. The largest absolute Gasteiger partial charge is 0.392 e. The zero-order valence-electron chi connectivity index (χ0n) is 11.1. The highest BCUT2D eigenvalue weighted by atomic mass is 19.1. The topological polar surface area (TPSA) is 56.0 Å². The maximum atomic E-state index is 13.5. The normalized spacial score (nSPS) is 12.5. The van der Waals surface area contributed by atoms with E-state index in [1.165, 1.54) is 0 Å². The van der Waals surface area contributed by atoms with Gasteiger partial charge in [-0.25, -0.2) is 8.78 Å². The molecule has 0 radical (unpaired) electrons. The minimum absolute atomic E-state index is 0.0153. The quantitative estimate of drug-likeness (QED) is 0.832. The molecule has 0 saturated heterocycles. The number of benzene rings is 1. The van der Waals surface area contributed by atoms with Crippen LogP contribution in [0.2, 0.25) is 0 Å². The SMILES string of the molecule is CC(C)CC(O)CNCc1c(F)cc(C#N)cc1F. The van der Waals surface area contributed by atoms with Crippen molar-refractivity contribution in [2.75, 3.05) is 6.54 Å². The van der Waals surface area contributed by atoms with Gasteiger partial charge >= 0.3 is 0 Å². The highest BCUT2D eigenvalue weighted by Gasteiger charge is 2.12. The highest BCUT2D eigenvalue weighted by Crippen LogP contribution is 2.15. The van der Waals surface area contributed by atoms with Crippen LogP contribution in [0.1, 0.15) is 31.4 Å². The van der Waals surface area contributed by atoms with Gasteiger partial charge in [-0.2, -0.15) is 5.26 Å². The molecule has 1 aromatic rings. The summed E-state index contributed by atoms with van der Waals surface area (Å²) < 4.78 is 27.1. The Bertz CT molecular complexity index is 446. The Labute approximate surface area is 111 Å². The second kappa shape index (κ2) is 7.17. The van der Waals surface area contributed by atoms with Crippen LogP contribution in [0.15, 0.2) is 12.1 Å². The van der Waals surface area contributed by atoms with Crippen LogP contribution in [0.5, 0.6) is 0 Å². The van der Waals surface area contributed by atoms with E-state index in [1.807, 2.05) is 13.8 Å². The van der Waals surface area contributed by atoms with Crippen LogP contribution in [-0.4, -0.2) is 17.8 Å². The predicted molar refractivity (Wildman–Crippen MR) is 68.2 cm³/mol. The number of halogens is 2. The number of hydrogen-bond donors (Lipinski definition) is 2. The first-order valence-electron chi connectivity index (χ1n) is 6.20. The average Bonchev–Trinajstić information content (AvgIpc) is 2.31. The van der Waals surface area contributed by atoms with Gasteiger partial charge in [0.05, 0.1) is 17.7 Å². The molecule has 0 aromatic heterocycles. The molecule has 1 aromatic carbocycles. The molecule has 0 fully saturated rings. The Kier molecular flexibility index (Phi) is 5.87. The molecule has 0 heterocycles. The van der Waals surface area contributed by atoms with Crippen molar-refractivity contribution in [1.29, 1.82) is 5.26 Å². The average molecular weight is 268 g/mol. The van der Waals surface area contributed by atoms with Gasteiger partial charge in [-0.3, -0.25) is 0 Å². The Hall–Kier alpha value is -1.51. The van der Waals surface area contributed by atoms with Crippen molar-refractivity contribution in [3.63, 3.8) is 0 Å². The fraction of sp³-hybridized carbons (Fsp3) is 0.500. The number of aliphatic hydroxyl groups excluding tert-OH is 1. The first-order valence-corrected chi connectivity index (χ1v) is 6.20. The van der Waals surface area contributed by atoms with Gasteiger partial charge in [-0.05, 0) is 24.5 Å². The number of nitriles is 1. The van der Waals surface area contributed by atoms with Crippen LogP contribution in [-0.2, 0) is 6.54 Å². The van der Waals surface area contributed by atoms with Crippen molar-refractivity contribution >= 4 is 0 Å². The summed E-state index contributed by atoms with van der Waals surface area (Å²) in [6.07, 6.45) is 0.0928. The van der Waals surface area contributed by atoms with Gasteiger partial charge in [-0.1, -0.05) is 13.8 Å². The molecule has 5 heteroatoms. The van der Waals surface area contributed by atoms with Crippen molar-refractivity contribution < 1.29 is 13.9 Å². The second-order valence-electron chi connectivity index (χ2n) is 4.94. The number of rotatable bonds is 6. The van der Waals surface area contributed by atoms with Crippen molar-refractivity contribution in [3.05, 3.63) is 34.9 Å². The summed E-state index contributed by atoms with van der Waals surface area (Å²) >= 11 is 0. The minimum Gasteiger partial charge on any atom is -0.392 e. The molecule has 1 unspecified atom stereocenters. The monoisotopic (exact) mass is 268 g/mol. The third-order valence-corrected chi connectivity index (χ3v) is 2.70. The van der Waals surface area contributed by atoms with Crippen molar-refractivity contribution in [1.82, 2.24) is 5.32 Å². The molecule has 0 amide bonds. The fourth-order valence-corrected chi connectivity index (χ4v) is 1.83. The predicted octanol–water partition coefficient (Wildman–Crippen LogP) is 2.33. The molecular formula is C14H18F2N2O. The van der Waals surface area contributed by atoms with Gasteiger partial charge in [0.2, 0.25) is 0 Å². The fourth-order valence-electron chi connectivity index (χ4n) is 1.83. The van der Waals surface area contributed by atoms with Crippen LogP contribution < -0.4 is 5.32 Å². The summed E-state index contributed by atoms with van der Waals surface area (Å²) in [7, 11) is 0. The lowest BCUT2D eigenvalue weighted by Crippen LogP contribution is -2.28. The lowest BCUT2D eigenvalue weighted by atomic mass is 10.1. The van der Waals surface area contributed by atoms with Crippen LogP contribution in [0.4, 0.5) is 8.78 Å². The Morgan fingerprint density at radius 2 is 1.89 bits per heavy atom. The number of nitrogens with one attached hydrogen (secondary N) is 1. The number of hydrogen-bond acceptors (Lipinski definition) is 3. The van der Waals surface area contributed by atoms with E-state index in [1.54, 1.807) is 6.07 Å². The van der Waals surface area contributed by atoms with Gasteiger partial charge in [0.15, 0.2) is 0 Å². The molecule has 0 spiro atoms. The van der Waals surface area contributed by atoms with Gasteiger partial charge in [0.1, 0.15) is 11.6 Å². The minimum atomic E-state index is -0.748. The lowest BCUT2D eigenvalue weighted by Gasteiger charge is -2.14. The third-order valence-electron chi connectivity index (χ3n) is 2.70. The zero-order chi connectivity index (χ0) is 14.4. The third kappa shape index (κ3) is 4.93. The van der Waals surface area contributed by atoms with Gasteiger partial charge in [-0.15, -0.1) is 0 Å². The second-order valence-corrected chi connectivity index (χ2v) is 4.94. The summed E-state index contributed by atoms with van der Waals surface area (Å²) in [4.78, 5) is 0. The van der Waals surface area contributed by atoms with E-state index in [9.17, 15) is 13.9 Å². The summed E-state index contributed by atoms with van der Waals surface area (Å²) in [6, 6.07) is 3.70. The van der Waals surface area contributed by atoms with E-state index in [4.69, 9.17) is 5.26 Å². The Balaban J connectivity index is 2.57. The number of aliphatic hydroxyl groups is 1. The first kappa shape index (κ1) is 15.5. The van der Waals surface area contributed by atoms with Crippen molar-refractivity contribution in [3.8, 4) is 6.07 Å². The van der Waals surface area contributed by atoms with Gasteiger partial charge in [0, 0.05) is 18.7 Å². The van der Waals surface area contributed by atoms with Crippen molar-refractivity contribution in [2.45, 2.75) is 32.9 Å². The zero-order valence-corrected chi connectivity index (χ0v) is 11.1. The van der Waals surface area contributed by atoms with Crippen LogP contribution in [0.3, 0.4) is 0 Å². The molecular weight excluding hydrogens is 250 g/mol. The summed E-state index contributed by atoms with van der Waals surface area (Å²) in [6.45, 7) is 4.24. The van der Waals surface area contributed by atoms with Gasteiger partial charge in [0.25, 0.3) is 0 Å². The highest BCUT2D eigenvalue weighted by molar-refractivity contribution is 5.34. The molecule has 0 saturated carbocycles. The van der Waals surface area contributed by atoms with Crippen LogP contribution in [0.25, 0.3) is 0 Å². The molecule has 2 N–H and O–H groups in total. The van der Waals surface area contributed by atoms with E-state index in [0.29, 0.717) is 12.3 Å². The van der Waals surface area contributed by atoms with E-state index >= 15 is 0 Å². The Morgan fingerprint density at radius 3 is 2.37 bits per heavy atom.